The topological polar surface area (TPSA) is 152 Å². The molecule has 216 valence electrons. The van der Waals surface area contributed by atoms with Crippen molar-refractivity contribution in [3.8, 4) is 0 Å². The van der Waals surface area contributed by atoms with Crippen LogP contribution in [-0.2, 0) is 28.7 Å². The number of rotatable bonds is 13. The number of alkyl carbamates (subject to hydrolysis) is 1. The number of esters is 1. The highest BCUT2D eigenvalue weighted by atomic mass is 16.6. The summed E-state index contributed by atoms with van der Waals surface area (Å²) in [4.78, 5) is 62.9. The molecule has 4 unspecified atom stereocenters. The molecule has 4 N–H and O–H groups in total. The molecule has 0 saturated carbocycles. The molecule has 1 saturated heterocycles. The van der Waals surface area contributed by atoms with Crippen LogP contribution < -0.4 is 21.3 Å². The van der Waals surface area contributed by atoms with E-state index in [1.54, 1.807) is 41.5 Å². The lowest BCUT2D eigenvalue weighted by Gasteiger charge is -2.28. The Bertz CT molecular complexity index is 864. The van der Waals surface area contributed by atoms with Gasteiger partial charge in [-0.15, -0.1) is 0 Å². The van der Waals surface area contributed by atoms with Crippen LogP contribution in [0.5, 0.6) is 0 Å². The van der Waals surface area contributed by atoms with Gasteiger partial charge in [0.25, 0.3) is 0 Å². The molecule has 1 fully saturated rings. The van der Waals surface area contributed by atoms with E-state index in [2.05, 4.69) is 21.3 Å². The SMILES string of the molecule is CCOC(=O)/C=C/C(CC1CCNC1=O)NC(=O)C(CC(C)C)NC(=O)C(NC(=O)OC(C)(C)C)C(C)C. The van der Waals surface area contributed by atoms with Gasteiger partial charge in [-0.25, -0.2) is 9.59 Å². The molecule has 0 spiro atoms. The minimum Gasteiger partial charge on any atom is -0.463 e. The summed E-state index contributed by atoms with van der Waals surface area (Å²) in [6.07, 6.45) is 3.28. The second-order valence-corrected chi connectivity index (χ2v) is 11.3. The third kappa shape index (κ3) is 12.4. The van der Waals surface area contributed by atoms with Gasteiger partial charge in [-0.3, -0.25) is 14.4 Å². The normalized spacial score (nSPS) is 18.1. The van der Waals surface area contributed by atoms with Crippen molar-refractivity contribution in [3.05, 3.63) is 12.2 Å². The molecule has 0 aromatic carbocycles. The van der Waals surface area contributed by atoms with Crippen LogP contribution in [0.4, 0.5) is 4.79 Å². The Balaban J connectivity index is 3.04. The maximum atomic E-state index is 13.4. The van der Waals surface area contributed by atoms with Crippen molar-refractivity contribution in [3.63, 3.8) is 0 Å². The predicted molar refractivity (Wildman–Crippen MR) is 143 cm³/mol. The summed E-state index contributed by atoms with van der Waals surface area (Å²) < 4.78 is 10.2. The maximum Gasteiger partial charge on any atom is 0.408 e. The molecule has 11 nitrogen and oxygen atoms in total. The first-order valence-electron chi connectivity index (χ1n) is 13.4. The number of nitrogens with one attached hydrogen (secondary N) is 4. The van der Waals surface area contributed by atoms with Gasteiger partial charge in [-0.05, 0) is 58.8 Å². The molecular weight excluding hydrogens is 492 g/mol. The van der Waals surface area contributed by atoms with Crippen molar-refractivity contribution in [2.45, 2.75) is 98.4 Å². The van der Waals surface area contributed by atoms with Crippen molar-refractivity contribution in [2.75, 3.05) is 13.2 Å². The van der Waals surface area contributed by atoms with Crippen molar-refractivity contribution >= 4 is 29.8 Å². The molecule has 0 aromatic rings. The van der Waals surface area contributed by atoms with Gasteiger partial charge in [0.15, 0.2) is 0 Å². The lowest BCUT2D eigenvalue weighted by Crippen LogP contribution is -2.57. The number of hydrogen-bond acceptors (Lipinski definition) is 7. The molecule has 0 aromatic heterocycles. The van der Waals surface area contributed by atoms with Crippen molar-refractivity contribution in [2.24, 2.45) is 17.8 Å². The average Bonchev–Trinajstić information content (AvgIpc) is 3.17. The third-order valence-corrected chi connectivity index (χ3v) is 5.74. The Morgan fingerprint density at radius 3 is 2.21 bits per heavy atom. The first kappa shape index (κ1) is 32.9. The highest BCUT2D eigenvalue weighted by molar-refractivity contribution is 5.92. The van der Waals surface area contributed by atoms with E-state index in [0.717, 1.165) is 0 Å². The molecular formula is C27H46N4O7. The van der Waals surface area contributed by atoms with Gasteiger partial charge in [0, 0.05) is 24.6 Å². The molecule has 38 heavy (non-hydrogen) atoms. The Morgan fingerprint density at radius 2 is 1.71 bits per heavy atom. The minimum atomic E-state index is -0.922. The van der Waals surface area contributed by atoms with Crippen LogP contribution in [0.15, 0.2) is 12.2 Å². The Morgan fingerprint density at radius 1 is 1.05 bits per heavy atom. The van der Waals surface area contributed by atoms with Gasteiger partial charge in [-0.2, -0.15) is 0 Å². The molecule has 4 amide bonds. The van der Waals surface area contributed by atoms with E-state index >= 15 is 0 Å². The number of hydrogen-bond donors (Lipinski definition) is 4. The summed E-state index contributed by atoms with van der Waals surface area (Å²) >= 11 is 0. The number of amides is 4. The van der Waals surface area contributed by atoms with E-state index in [1.807, 2.05) is 13.8 Å². The first-order chi connectivity index (χ1) is 17.6. The molecule has 11 heteroatoms. The average molecular weight is 539 g/mol. The maximum absolute atomic E-state index is 13.4. The van der Waals surface area contributed by atoms with Crippen molar-refractivity contribution < 1.29 is 33.4 Å². The van der Waals surface area contributed by atoms with Gasteiger partial charge in [0.1, 0.15) is 17.7 Å². The highest BCUT2D eigenvalue weighted by Gasteiger charge is 2.32. The van der Waals surface area contributed by atoms with Crippen LogP contribution in [0.25, 0.3) is 0 Å². The van der Waals surface area contributed by atoms with Crippen LogP contribution in [0.3, 0.4) is 0 Å². The van der Waals surface area contributed by atoms with Crippen LogP contribution >= 0.6 is 0 Å². The predicted octanol–water partition coefficient (Wildman–Crippen LogP) is 2.20. The number of carbonyl (C=O) groups is 5. The lowest BCUT2D eigenvalue weighted by molar-refractivity contribution is -0.137. The summed E-state index contributed by atoms with van der Waals surface area (Å²) in [7, 11) is 0. The van der Waals surface area contributed by atoms with E-state index in [0.29, 0.717) is 25.8 Å². The molecule has 1 aliphatic rings. The third-order valence-electron chi connectivity index (χ3n) is 5.74. The van der Waals surface area contributed by atoms with Crippen LogP contribution in [0.2, 0.25) is 0 Å². The minimum absolute atomic E-state index is 0.0662. The highest BCUT2D eigenvalue weighted by Crippen LogP contribution is 2.18. The second kappa shape index (κ2) is 15.3. The fourth-order valence-corrected chi connectivity index (χ4v) is 3.96. The fraction of sp³-hybridized carbons (Fsp3) is 0.741. The van der Waals surface area contributed by atoms with E-state index in [1.165, 1.54) is 12.2 Å². The van der Waals surface area contributed by atoms with Crippen LogP contribution in [0.1, 0.15) is 74.7 Å². The summed E-state index contributed by atoms with van der Waals surface area (Å²) in [6.45, 7) is 15.0. The summed E-state index contributed by atoms with van der Waals surface area (Å²) in [5.41, 5.74) is -0.732. The number of carbonyl (C=O) groups excluding carboxylic acids is 5. The van der Waals surface area contributed by atoms with Crippen LogP contribution in [0, 0.1) is 17.8 Å². The summed E-state index contributed by atoms with van der Waals surface area (Å²) in [5.74, 6) is -2.14. The Labute approximate surface area is 226 Å². The largest absolute Gasteiger partial charge is 0.463 e. The van der Waals surface area contributed by atoms with E-state index in [-0.39, 0.29) is 30.3 Å². The zero-order chi connectivity index (χ0) is 29.0. The zero-order valence-electron chi connectivity index (χ0n) is 24.0. The van der Waals surface area contributed by atoms with Crippen LogP contribution in [-0.4, -0.2) is 66.7 Å². The smallest absolute Gasteiger partial charge is 0.408 e. The first-order valence-corrected chi connectivity index (χ1v) is 13.4. The monoisotopic (exact) mass is 538 g/mol. The van der Waals surface area contributed by atoms with Gasteiger partial charge in [-0.1, -0.05) is 33.8 Å². The zero-order valence-corrected chi connectivity index (χ0v) is 24.0. The summed E-state index contributed by atoms with van der Waals surface area (Å²) in [5, 5.41) is 11.0. The van der Waals surface area contributed by atoms with Gasteiger partial charge in [0.2, 0.25) is 17.7 Å². The molecule has 0 aliphatic carbocycles. The van der Waals surface area contributed by atoms with Gasteiger partial charge in [0.05, 0.1) is 6.61 Å². The van der Waals surface area contributed by atoms with Gasteiger partial charge >= 0.3 is 12.1 Å². The molecule has 1 rings (SSSR count). The van der Waals surface area contributed by atoms with E-state index in [4.69, 9.17) is 9.47 Å². The summed E-state index contributed by atoms with van der Waals surface area (Å²) in [6, 6.07) is -2.46. The second-order valence-electron chi connectivity index (χ2n) is 11.3. The van der Waals surface area contributed by atoms with Gasteiger partial charge < -0.3 is 30.7 Å². The quantitative estimate of drug-likeness (QED) is 0.207. The van der Waals surface area contributed by atoms with E-state index < -0.39 is 47.6 Å². The molecule has 1 heterocycles. The Hall–Kier alpha value is -3.11. The van der Waals surface area contributed by atoms with Crippen molar-refractivity contribution in [1.82, 2.24) is 21.3 Å². The molecule has 0 bridgehead atoms. The fourth-order valence-electron chi connectivity index (χ4n) is 3.96. The number of ether oxygens (including phenoxy) is 2. The molecule has 0 radical (unpaired) electrons. The van der Waals surface area contributed by atoms with Crippen molar-refractivity contribution in [1.29, 1.82) is 0 Å². The Kier molecular flexibility index (Phi) is 13.3. The molecule has 4 atom stereocenters. The van der Waals surface area contributed by atoms with E-state index in [9.17, 15) is 24.0 Å². The lowest BCUT2D eigenvalue weighted by atomic mass is 9.96. The molecule has 1 aliphatic heterocycles. The standard InChI is InChI=1S/C27H46N4O7/c1-9-37-21(32)11-10-19(15-18-12-13-28-23(18)33)29-24(34)20(14-16(2)3)30-25(35)22(17(4)5)31-26(36)38-27(6,7)8/h10-11,16-20,22H,9,12-15H2,1-8H3,(H,28,33)(H,29,34)(H,30,35)(H,31,36)/b11-10+.